The second kappa shape index (κ2) is 4.96. The lowest BCUT2D eigenvalue weighted by Gasteiger charge is -2.40. The van der Waals surface area contributed by atoms with Crippen LogP contribution in [0.5, 0.6) is 5.75 Å². The molecule has 0 radical (unpaired) electrons. The normalized spacial score (nSPS) is 22.9. The van der Waals surface area contributed by atoms with Gasteiger partial charge < -0.3 is 20.0 Å². The summed E-state index contributed by atoms with van der Waals surface area (Å²) in [7, 11) is 0. The van der Waals surface area contributed by atoms with E-state index < -0.39 is 11.5 Å². The Kier molecular flexibility index (Phi) is 3.28. The van der Waals surface area contributed by atoms with Crippen LogP contribution in [0.2, 0.25) is 0 Å². The minimum atomic E-state index is -0.772. The molecule has 2 aromatic rings. The molecule has 1 aliphatic rings. The predicted octanol–water partition coefficient (Wildman–Crippen LogP) is 2.30. The number of benzene rings is 1. The van der Waals surface area contributed by atoms with Crippen LogP contribution in [0.25, 0.3) is 0 Å². The van der Waals surface area contributed by atoms with Gasteiger partial charge in [-0.1, -0.05) is 18.2 Å². The Bertz CT molecular complexity index is 607. The van der Waals surface area contributed by atoms with Crippen molar-refractivity contribution in [3.63, 3.8) is 0 Å². The minimum Gasteiger partial charge on any atom is -0.493 e. The first-order valence-corrected chi connectivity index (χ1v) is 6.84. The Morgan fingerprint density at radius 2 is 2.10 bits per heavy atom. The zero-order valence-electron chi connectivity index (χ0n) is 11.5. The van der Waals surface area contributed by atoms with Crippen molar-refractivity contribution in [2.45, 2.75) is 24.9 Å². The fourth-order valence-electron chi connectivity index (χ4n) is 2.96. The maximum atomic E-state index is 10.8. The van der Waals surface area contributed by atoms with E-state index in [1.54, 1.807) is 0 Å². The van der Waals surface area contributed by atoms with Crippen LogP contribution >= 0.6 is 0 Å². The van der Waals surface area contributed by atoms with Gasteiger partial charge in [0.05, 0.1) is 6.61 Å². The number of hydrogen-bond acceptors (Lipinski definition) is 4. The summed E-state index contributed by atoms with van der Waals surface area (Å²) in [4.78, 5) is 0. The zero-order valence-corrected chi connectivity index (χ0v) is 11.5. The van der Waals surface area contributed by atoms with E-state index in [0.717, 1.165) is 17.1 Å². The maximum Gasteiger partial charge on any atom is 0.133 e. The van der Waals surface area contributed by atoms with Crippen molar-refractivity contribution in [1.29, 1.82) is 0 Å². The Labute approximate surface area is 118 Å². The van der Waals surface area contributed by atoms with Gasteiger partial charge in [0.2, 0.25) is 0 Å². The molecule has 106 valence electrons. The summed E-state index contributed by atoms with van der Waals surface area (Å²) in [6.07, 6.45) is -0.104. The molecule has 1 aliphatic heterocycles. The van der Waals surface area contributed by atoms with Gasteiger partial charge in [0.15, 0.2) is 0 Å². The summed E-state index contributed by atoms with van der Waals surface area (Å²) in [6.45, 7) is 2.75. The van der Waals surface area contributed by atoms with Crippen LogP contribution in [0.4, 0.5) is 0 Å². The quantitative estimate of drug-likeness (QED) is 0.900. The SMILES string of the molecule is Cc1ccc(C(O)C2(CN)CCOc3ccccc32)o1. The summed E-state index contributed by atoms with van der Waals surface area (Å²) in [5, 5.41) is 10.8. The van der Waals surface area contributed by atoms with E-state index in [4.69, 9.17) is 14.9 Å². The molecule has 0 aliphatic carbocycles. The first-order chi connectivity index (χ1) is 9.67. The number of aliphatic hydroxyl groups is 1. The van der Waals surface area contributed by atoms with Crippen molar-refractivity contribution in [2.75, 3.05) is 13.2 Å². The highest BCUT2D eigenvalue weighted by atomic mass is 16.5. The van der Waals surface area contributed by atoms with Crippen molar-refractivity contribution in [2.24, 2.45) is 5.73 Å². The summed E-state index contributed by atoms with van der Waals surface area (Å²) in [6, 6.07) is 11.4. The average Bonchev–Trinajstić information content (AvgIpc) is 2.92. The molecule has 4 heteroatoms. The van der Waals surface area contributed by atoms with Gasteiger partial charge in [0.25, 0.3) is 0 Å². The van der Waals surface area contributed by atoms with Gasteiger partial charge in [-0.3, -0.25) is 0 Å². The third-order valence-electron chi connectivity index (χ3n) is 4.15. The van der Waals surface area contributed by atoms with E-state index in [9.17, 15) is 5.11 Å². The molecule has 3 rings (SSSR count). The monoisotopic (exact) mass is 273 g/mol. The fraction of sp³-hybridized carbons (Fsp3) is 0.375. The van der Waals surface area contributed by atoms with Crippen molar-refractivity contribution in [1.82, 2.24) is 0 Å². The lowest BCUT2D eigenvalue weighted by Crippen LogP contribution is -2.44. The molecule has 4 nitrogen and oxygen atoms in total. The van der Waals surface area contributed by atoms with E-state index >= 15 is 0 Å². The molecule has 0 amide bonds. The zero-order chi connectivity index (χ0) is 14.2. The number of hydrogen-bond donors (Lipinski definition) is 2. The first-order valence-electron chi connectivity index (χ1n) is 6.84. The Hall–Kier alpha value is -1.78. The standard InChI is InChI=1S/C16H19NO3/c1-11-6-7-14(20-11)15(18)16(10-17)8-9-19-13-5-3-2-4-12(13)16/h2-7,15,18H,8-10,17H2,1H3. The van der Waals surface area contributed by atoms with Gasteiger partial charge in [-0.15, -0.1) is 0 Å². The Morgan fingerprint density at radius 1 is 1.30 bits per heavy atom. The number of rotatable bonds is 3. The third-order valence-corrected chi connectivity index (χ3v) is 4.15. The second-order valence-corrected chi connectivity index (χ2v) is 5.31. The number of para-hydroxylation sites is 1. The smallest absolute Gasteiger partial charge is 0.133 e. The number of aryl methyl sites for hydroxylation is 1. The molecular formula is C16H19NO3. The van der Waals surface area contributed by atoms with Crippen LogP contribution in [0, 0.1) is 6.92 Å². The average molecular weight is 273 g/mol. The number of nitrogens with two attached hydrogens (primary N) is 1. The van der Waals surface area contributed by atoms with Gasteiger partial charge in [-0.25, -0.2) is 0 Å². The first kappa shape index (κ1) is 13.2. The lowest BCUT2D eigenvalue weighted by atomic mass is 9.71. The van der Waals surface area contributed by atoms with Crippen molar-refractivity contribution in [3.05, 3.63) is 53.5 Å². The van der Waals surface area contributed by atoms with Crippen LogP contribution in [-0.4, -0.2) is 18.3 Å². The topological polar surface area (TPSA) is 68.6 Å². The van der Waals surface area contributed by atoms with E-state index in [1.807, 2.05) is 43.3 Å². The van der Waals surface area contributed by atoms with Crippen molar-refractivity contribution < 1.29 is 14.3 Å². The van der Waals surface area contributed by atoms with E-state index in [0.29, 0.717) is 25.3 Å². The summed E-state index contributed by atoms with van der Waals surface area (Å²) in [5.41, 5.74) is 6.44. The molecule has 20 heavy (non-hydrogen) atoms. The Balaban J connectivity index is 2.08. The molecule has 0 saturated carbocycles. The van der Waals surface area contributed by atoms with Crippen LogP contribution in [0.3, 0.4) is 0 Å². The Morgan fingerprint density at radius 3 is 2.80 bits per heavy atom. The summed E-state index contributed by atoms with van der Waals surface area (Å²) in [5.74, 6) is 2.14. The molecule has 1 aromatic carbocycles. The molecule has 0 bridgehead atoms. The van der Waals surface area contributed by atoms with Gasteiger partial charge in [0.1, 0.15) is 23.4 Å². The van der Waals surface area contributed by atoms with Gasteiger partial charge in [0, 0.05) is 17.5 Å². The number of fused-ring (bicyclic) bond motifs is 1. The van der Waals surface area contributed by atoms with E-state index in [-0.39, 0.29) is 0 Å². The van der Waals surface area contributed by atoms with Crippen LogP contribution < -0.4 is 10.5 Å². The molecule has 1 aromatic heterocycles. The maximum absolute atomic E-state index is 10.8. The van der Waals surface area contributed by atoms with Gasteiger partial charge in [-0.2, -0.15) is 0 Å². The van der Waals surface area contributed by atoms with E-state index in [1.165, 1.54) is 0 Å². The summed E-state index contributed by atoms with van der Waals surface area (Å²) < 4.78 is 11.3. The molecule has 0 fully saturated rings. The number of ether oxygens (including phenoxy) is 1. The summed E-state index contributed by atoms with van der Waals surface area (Å²) >= 11 is 0. The second-order valence-electron chi connectivity index (χ2n) is 5.31. The predicted molar refractivity (Wildman–Crippen MR) is 75.7 cm³/mol. The van der Waals surface area contributed by atoms with Crippen LogP contribution in [0.15, 0.2) is 40.8 Å². The fourth-order valence-corrected chi connectivity index (χ4v) is 2.96. The molecule has 0 saturated heterocycles. The van der Waals surface area contributed by atoms with Gasteiger partial charge in [-0.05, 0) is 31.5 Å². The highest BCUT2D eigenvalue weighted by Gasteiger charge is 2.44. The molecule has 0 spiro atoms. The van der Waals surface area contributed by atoms with Crippen LogP contribution in [-0.2, 0) is 5.41 Å². The molecule has 3 N–H and O–H groups in total. The largest absolute Gasteiger partial charge is 0.493 e. The van der Waals surface area contributed by atoms with Crippen molar-refractivity contribution in [3.8, 4) is 5.75 Å². The molecule has 2 atom stereocenters. The highest BCUT2D eigenvalue weighted by molar-refractivity contribution is 5.43. The van der Waals surface area contributed by atoms with E-state index in [2.05, 4.69) is 0 Å². The molecule has 2 heterocycles. The molecular weight excluding hydrogens is 254 g/mol. The third kappa shape index (κ3) is 1.92. The minimum absolute atomic E-state index is 0.342. The number of furan rings is 1. The highest BCUT2D eigenvalue weighted by Crippen LogP contribution is 2.46. The number of aliphatic hydroxyl groups excluding tert-OH is 1. The van der Waals surface area contributed by atoms with Crippen LogP contribution in [0.1, 0.15) is 29.6 Å². The lowest BCUT2D eigenvalue weighted by molar-refractivity contribution is 0.0370. The molecule has 2 unspecified atom stereocenters. The van der Waals surface area contributed by atoms with Gasteiger partial charge >= 0.3 is 0 Å². The van der Waals surface area contributed by atoms with Crippen molar-refractivity contribution >= 4 is 0 Å².